The Kier molecular flexibility index (Phi) is 5.37. The summed E-state index contributed by atoms with van der Waals surface area (Å²) in [7, 11) is 4.91. The summed E-state index contributed by atoms with van der Waals surface area (Å²) in [6.07, 6.45) is 1.74. The number of carbonyl (C=O) groups is 1. The van der Waals surface area contributed by atoms with Crippen LogP contribution in [0.4, 0.5) is 0 Å². The van der Waals surface area contributed by atoms with E-state index in [1.165, 1.54) is 16.7 Å². The SMILES string of the molecule is CCOc1cc(Cl)c(/C=C2\SC(=NC)N(C)C2=O)cc1OC. The summed E-state index contributed by atoms with van der Waals surface area (Å²) in [5.41, 5.74) is 0.698. The summed E-state index contributed by atoms with van der Waals surface area (Å²) in [4.78, 5) is 18.3. The number of hydrogen-bond donors (Lipinski definition) is 0. The summed E-state index contributed by atoms with van der Waals surface area (Å²) in [5.74, 6) is 1.05. The van der Waals surface area contributed by atoms with Crippen LogP contribution in [-0.2, 0) is 4.79 Å². The lowest BCUT2D eigenvalue weighted by Gasteiger charge is -2.11. The molecule has 1 aromatic rings. The van der Waals surface area contributed by atoms with E-state index >= 15 is 0 Å². The number of ether oxygens (including phenoxy) is 2. The Morgan fingerprint density at radius 3 is 2.68 bits per heavy atom. The fourth-order valence-electron chi connectivity index (χ4n) is 1.98. The summed E-state index contributed by atoms with van der Waals surface area (Å²) < 4.78 is 10.8. The molecule has 1 saturated heterocycles. The highest BCUT2D eigenvalue weighted by molar-refractivity contribution is 8.18. The molecule has 0 radical (unpaired) electrons. The molecule has 5 nitrogen and oxygen atoms in total. The monoisotopic (exact) mass is 340 g/mol. The minimum atomic E-state index is -0.102. The maximum Gasteiger partial charge on any atom is 0.266 e. The fraction of sp³-hybridized carbons (Fsp3) is 0.333. The molecule has 0 spiro atoms. The van der Waals surface area contributed by atoms with Crippen LogP contribution < -0.4 is 9.47 Å². The molecule has 118 valence electrons. The molecular formula is C15H17ClN2O3S. The Balaban J connectivity index is 2.42. The van der Waals surface area contributed by atoms with Gasteiger partial charge < -0.3 is 9.47 Å². The molecule has 0 N–H and O–H groups in total. The number of halogens is 1. The second kappa shape index (κ2) is 7.07. The third kappa shape index (κ3) is 3.23. The van der Waals surface area contributed by atoms with E-state index in [-0.39, 0.29) is 5.91 Å². The van der Waals surface area contributed by atoms with Crippen LogP contribution in [0.3, 0.4) is 0 Å². The predicted molar refractivity (Wildman–Crippen MR) is 90.9 cm³/mol. The Hall–Kier alpha value is -1.66. The minimum absolute atomic E-state index is 0.102. The van der Waals surface area contributed by atoms with Crippen LogP contribution in [0, 0.1) is 0 Å². The van der Waals surface area contributed by atoms with E-state index in [1.807, 2.05) is 6.92 Å². The second-order valence-corrected chi connectivity index (χ2v) is 5.85. The van der Waals surface area contributed by atoms with E-state index in [2.05, 4.69) is 4.99 Å². The van der Waals surface area contributed by atoms with Gasteiger partial charge >= 0.3 is 0 Å². The van der Waals surface area contributed by atoms with Crippen molar-refractivity contribution >= 4 is 40.5 Å². The van der Waals surface area contributed by atoms with Gasteiger partial charge in [-0.2, -0.15) is 0 Å². The molecule has 1 aliphatic heterocycles. The van der Waals surface area contributed by atoms with E-state index in [9.17, 15) is 4.79 Å². The van der Waals surface area contributed by atoms with Crippen molar-refractivity contribution in [1.29, 1.82) is 0 Å². The zero-order chi connectivity index (χ0) is 16.3. The van der Waals surface area contributed by atoms with Crippen LogP contribution in [-0.4, -0.2) is 43.8 Å². The van der Waals surface area contributed by atoms with Gasteiger partial charge in [0.1, 0.15) is 0 Å². The zero-order valence-corrected chi connectivity index (χ0v) is 14.4. The Morgan fingerprint density at radius 2 is 2.14 bits per heavy atom. The van der Waals surface area contributed by atoms with E-state index in [4.69, 9.17) is 21.1 Å². The number of thioether (sulfide) groups is 1. The number of methoxy groups -OCH3 is 1. The lowest BCUT2D eigenvalue weighted by atomic mass is 10.1. The van der Waals surface area contributed by atoms with Gasteiger partial charge in [0.2, 0.25) is 0 Å². The van der Waals surface area contributed by atoms with Crippen molar-refractivity contribution in [1.82, 2.24) is 4.90 Å². The highest BCUT2D eigenvalue weighted by atomic mass is 35.5. The first-order valence-corrected chi connectivity index (χ1v) is 7.86. The number of amidine groups is 1. The van der Waals surface area contributed by atoms with Crippen LogP contribution in [0.2, 0.25) is 5.02 Å². The summed E-state index contributed by atoms with van der Waals surface area (Å²) in [6.45, 7) is 2.40. The van der Waals surface area contributed by atoms with E-state index in [1.54, 1.807) is 39.4 Å². The molecule has 0 saturated carbocycles. The molecule has 7 heteroatoms. The van der Waals surface area contributed by atoms with Crippen molar-refractivity contribution in [3.63, 3.8) is 0 Å². The molecule has 0 bridgehead atoms. The van der Waals surface area contributed by atoms with Crippen LogP contribution in [0.25, 0.3) is 6.08 Å². The third-order valence-corrected chi connectivity index (χ3v) is 4.54. The van der Waals surface area contributed by atoms with E-state index in [0.717, 1.165) is 0 Å². The summed E-state index contributed by atoms with van der Waals surface area (Å²) >= 11 is 7.60. The fourth-order valence-corrected chi connectivity index (χ4v) is 3.11. The lowest BCUT2D eigenvalue weighted by molar-refractivity contribution is -0.121. The molecule has 0 atom stereocenters. The van der Waals surface area contributed by atoms with Crippen molar-refractivity contribution in [2.45, 2.75) is 6.92 Å². The summed E-state index contributed by atoms with van der Waals surface area (Å²) in [6, 6.07) is 3.45. The first kappa shape index (κ1) is 16.7. The topological polar surface area (TPSA) is 51.1 Å². The number of rotatable bonds is 4. The van der Waals surface area contributed by atoms with Crippen molar-refractivity contribution < 1.29 is 14.3 Å². The number of nitrogens with zero attached hydrogens (tertiary/aromatic N) is 2. The Bertz CT molecular complexity index is 658. The molecule has 1 aliphatic rings. The molecule has 1 amide bonds. The molecule has 0 aromatic heterocycles. The molecule has 1 heterocycles. The van der Waals surface area contributed by atoms with Crippen LogP contribution in [0.15, 0.2) is 22.0 Å². The molecule has 22 heavy (non-hydrogen) atoms. The standard InChI is InChI=1S/C15H17ClN2O3S/c1-5-21-12-8-10(16)9(6-11(12)20-4)7-13-14(19)18(3)15(17-2)22-13/h6-8H,5H2,1-4H3/b13-7-,17-15?. The van der Waals surface area contributed by atoms with Crippen molar-refractivity contribution in [2.75, 3.05) is 27.8 Å². The van der Waals surface area contributed by atoms with Gasteiger partial charge in [-0.3, -0.25) is 14.7 Å². The molecule has 1 aromatic carbocycles. The van der Waals surface area contributed by atoms with Crippen LogP contribution in [0.1, 0.15) is 12.5 Å². The number of aliphatic imine (C=N–C) groups is 1. The van der Waals surface area contributed by atoms with Crippen molar-refractivity contribution in [2.24, 2.45) is 4.99 Å². The smallest absolute Gasteiger partial charge is 0.266 e. The largest absolute Gasteiger partial charge is 0.493 e. The quantitative estimate of drug-likeness (QED) is 0.789. The lowest BCUT2D eigenvalue weighted by Crippen LogP contribution is -2.23. The zero-order valence-electron chi connectivity index (χ0n) is 12.8. The highest BCUT2D eigenvalue weighted by Crippen LogP contribution is 2.37. The van der Waals surface area contributed by atoms with Crippen LogP contribution >= 0.6 is 23.4 Å². The van der Waals surface area contributed by atoms with Gasteiger partial charge in [0.25, 0.3) is 5.91 Å². The van der Waals surface area contributed by atoms with E-state index in [0.29, 0.717) is 38.8 Å². The number of carbonyl (C=O) groups excluding carboxylic acids is 1. The highest BCUT2D eigenvalue weighted by Gasteiger charge is 2.30. The van der Waals surface area contributed by atoms with Gasteiger partial charge in [0, 0.05) is 20.2 Å². The predicted octanol–water partition coefficient (Wildman–Crippen LogP) is 3.28. The minimum Gasteiger partial charge on any atom is -0.493 e. The normalized spacial score (nSPS) is 18.4. The number of hydrogen-bond acceptors (Lipinski definition) is 5. The van der Waals surface area contributed by atoms with Crippen molar-refractivity contribution in [3.8, 4) is 11.5 Å². The first-order valence-electron chi connectivity index (χ1n) is 6.66. The maximum atomic E-state index is 12.2. The molecule has 1 fully saturated rings. The van der Waals surface area contributed by atoms with Crippen LogP contribution in [0.5, 0.6) is 11.5 Å². The Morgan fingerprint density at radius 1 is 1.41 bits per heavy atom. The van der Waals surface area contributed by atoms with Crippen molar-refractivity contribution in [3.05, 3.63) is 27.6 Å². The molecular weight excluding hydrogens is 324 g/mol. The number of benzene rings is 1. The molecule has 0 aliphatic carbocycles. The maximum absolute atomic E-state index is 12.2. The van der Waals surface area contributed by atoms with Gasteiger partial charge in [0.05, 0.1) is 23.6 Å². The van der Waals surface area contributed by atoms with Gasteiger partial charge in [0.15, 0.2) is 16.7 Å². The third-order valence-electron chi connectivity index (χ3n) is 3.06. The number of likely N-dealkylation sites (N-methyl/N-ethyl adjacent to an activating group) is 1. The number of amides is 1. The van der Waals surface area contributed by atoms with Gasteiger partial charge in [-0.05, 0) is 36.4 Å². The van der Waals surface area contributed by atoms with E-state index < -0.39 is 0 Å². The average Bonchev–Trinajstić information content (AvgIpc) is 2.78. The average molecular weight is 341 g/mol. The molecule has 0 unspecified atom stereocenters. The Labute approximate surface area is 138 Å². The first-order chi connectivity index (χ1) is 10.5. The van der Waals surface area contributed by atoms with Gasteiger partial charge in [-0.1, -0.05) is 11.6 Å². The second-order valence-electron chi connectivity index (χ2n) is 4.44. The van der Waals surface area contributed by atoms with Gasteiger partial charge in [-0.15, -0.1) is 0 Å². The molecule has 2 rings (SSSR count). The van der Waals surface area contributed by atoms with Gasteiger partial charge in [-0.25, -0.2) is 0 Å². The summed E-state index contributed by atoms with van der Waals surface area (Å²) in [5, 5.41) is 1.15.